The monoisotopic (exact) mass is 388 g/mol. The van der Waals surface area contributed by atoms with Gasteiger partial charge < -0.3 is 9.88 Å². The molecule has 0 unspecified atom stereocenters. The van der Waals surface area contributed by atoms with Crippen LogP contribution in [0.1, 0.15) is 16.1 Å². The number of carbonyl (C=O) groups excluding carboxylic acids is 1. The van der Waals surface area contributed by atoms with Crippen LogP contribution in [0.2, 0.25) is 5.02 Å². The van der Waals surface area contributed by atoms with Gasteiger partial charge in [0.1, 0.15) is 0 Å². The molecule has 26 heavy (non-hydrogen) atoms. The zero-order valence-corrected chi connectivity index (χ0v) is 15.8. The molecule has 1 N–H and O–H groups in total. The van der Waals surface area contributed by atoms with Gasteiger partial charge in [-0.1, -0.05) is 29.8 Å². The molecular weight excluding hydrogens is 372 g/mol. The number of anilines is 1. The number of nitrogens with one attached hydrogen (secondary N) is 1. The Morgan fingerprint density at radius 1 is 1.08 bits per heavy atom. The molecule has 5 nitrogen and oxygen atoms in total. The van der Waals surface area contributed by atoms with E-state index in [-0.39, 0.29) is 15.8 Å². The van der Waals surface area contributed by atoms with Crippen molar-refractivity contribution in [2.75, 3.05) is 11.6 Å². The van der Waals surface area contributed by atoms with Crippen LogP contribution in [0.15, 0.2) is 65.7 Å². The number of hydrogen-bond donors (Lipinski definition) is 1. The van der Waals surface area contributed by atoms with Crippen molar-refractivity contribution in [2.24, 2.45) is 0 Å². The number of carbonyl (C=O) groups is 1. The Morgan fingerprint density at radius 3 is 2.42 bits per heavy atom. The van der Waals surface area contributed by atoms with Gasteiger partial charge in [0.25, 0.3) is 5.91 Å². The first-order chi connectivity index (χ1) is 12.2. The molecule has 1 amide bonds. The number of sulfone groups is 1. The topological polar surface area (TPSA) is 68.2 Å². The van der Waals surface area contributed by atoms with Crippen LogP contribution in [-0.4, -0.2) is 25.1 Å². The predicted octanol–water partition coefficient (Wildman–Crippen LogP) is 4.09. The number of benzene rings is 2. The van der Waals surface area contributed by atoms with Crippen molar-refractivity contribution in [3.8, 4) is 5.69 Å². The zero-order chi connectivity index (χ0) is 18.9. The predicted molar refractivity (Wildman–Crippen MR) is 103 cm³/mol. The smallest absolute Gasteiger partial charge is 0.257 e. The molecule has 0 fully saturated rings. The van der Waals surface area contributed by atoms with E-state index >= 15 is 0 Å². The lowest BCUT2D eigenvalue weighted by Gasteiger charge is -2.07. The van der Waals surface area contributed by atoms with E-state index in [0.29, 0.717) is 11.3 Å². The van der Waals surface area contributed by atoms with Gasteiger partial charge in [0.2, 0.25) is 0 Å². The lowest BCUT2D eigenvalue weighted by molar-refractivity contribution is 0.102. The second kappa shape index (κ2) is 6.97. The van der Waals surface area contributed by atoms with Crippen molar-refractivity contribution < 1.29 is 13.2 Å². The average molecular weight is 389 g/mol. The lowest BCUT2D eigenvalue weighted by atomic mass is 10.2. The average Bonchev–Trinajstić information content (AvgIpc) is 2.96. The summed E-state index contributed by atoms with van der Waals surface area (Å²) >= 11 is 5.98. The van der Waals surface area contributed by atoms with Crippen LogP contribution in [0.5, 0.6) is 0 Å². The minimum atomic E-state index is -3.43. The van der Waals surface area contributed by atoms with Crippen molar-refractivity contribution in [2.45, 2.75) is 11.8 Å². The van der Waals surface area contributed by atoms with E-state index in [1.54, 1.807) is 12.3 Å². The lowest BCUT2D eigenvalue weighted by Crippen LogP contribution is -2.11. The van der Waals surface area contributed by atoms with Crippen LogP contribution < -0.4 is 5.32 Å². The number of rotatable bonds is 4. The molecule has 7 heteroatoms. The molecule has 0 atom stereocenters. The number of amides is 1. The Labute approximate surface area is 157 Å². The first-order valence-electron chi connectivity index (χ1n) is 7.80. The molecule has 0 bridgehead atoms. The van der Waals surface area contributed by atoms with Crippen molar-refractivity contribution >= 4 is 33.0 Å². The molecule has 0 aliphatic heterocycles. The largest absolute Gasteiger partial charge is 0.322 e. The summed E-state index contributed by atoms with van der Waals surface area (Å²) in [4.78, 5) is 12.6. The Bertz CT molecular complexity index is 1070. The number of aromatic nitrogens is 1. The number of nitrogens with zero attached hydrogens (tertiary/aromatic N) is 1. The summed E-state index contributed by atoms with van der Waals surface area (Å²) in [5, 5.41) is 2.94. The third-order valence-electron chi connectivity index (χ3n) is 3.87. The maximum absolute atomic E-state index is 12.6. The van der Waals surface area contributed by atoms with Crippen LogP contribution in [0.3, 0.4) is 0 Å². The summed E-state index contributed by atoms with van der Waals surface area (Å²) in [6.45, 7) is 1.91. The SMILES string of the molecule is Cc1cc(C(=O)Nc2cc(Cl)cc(S(C)(=O)=O)c2)cn1-c1ccccc1. The number of para-hydroxylation sites is 1. The molecular formula is C19H17ClN2O3S. The highest BCUT2D eigenvalue weighted by atomic mass is 35.5. The molecule has 2 aromatic carbocycles. The highest BCUT2D eigenvalue weighted by Gasteiger charge is 2.14. The molecule has 0 saturated carbocycles. The van der Waals surface area contributed by atoms with Crippen LogP contribution in [0, 0.1) is 6.92 Å². The summed E-state index contributed by atoms with van der Waals surface area (Å²) in [5.74, 6) is -0.343. The molecule has 0 aliphatic rings. The zero-order valence-electron chi connectivity index (χ0n) is 14.2. The van der Waals surface area contributed by atoms with E-state index in [1.165, 1.54) is 18.2 Å². The van der Waals surface area contributed by atoms with E-state index in [4.69, 9.17) is 11.6 Å². The minimum absolute atomic E-state index is 0.0540. The molecule has 3 rings (SSSR count). The Morgan fingerprint density at radius 2 is 1.77 bits per heavy atom. The highest BCUT2D eigenvalue weighted by molar-refractivity contribution is 7.90. The van der Waals surface area contributed by atoms with Gasteiger partial charge in [-0.05, 0) is 43.3 Å². The van der Waals surface area contributed by atoms with E-state index in [0.717, 1.165) is 17.6 Å². The van der Waals surface area contributed by atoms with Crippen molar-refractivity contribution in [3.05, 3.63) is 77.1 Å². The molecule has 1 heterocycles. The van der Waals surface area contributed by atoms with Gasteiger partial charge in [-0.3, -0.25) is 4.79 Å². The van der Waals surface area contributed by atoms with Crippen LogP contribution in [0.4, 0.5) is 5.69 Å². The van der Waals surface area contributed by atoms with Gasteiger partial charge in [-0.15, -0.1) is 0 Å². The quantitative estimate of drug-likeness (QED) is 0.731. The highest BCUT2D eigenvalue weighted by Crippen LogP contribution is 2.23. The first kappa shape index (κ1) is 18.2. The van der Waals surface area contributed by atoms with Crippen LogP contribution in [-0.2, 0) is 9.84 Å². The van der Waals surface area contributed by atoms with E-state index in [9.17, 15) is 13.2 Å². The fraction of sp³-hybridized carbons (Fsp3) is 0.105. The summed E-state index contributed by atoms with van der Waals surface area (Å²) in [6.07, 6.45) is 2.83. The molecule has 1 aromatic heterocycles. The normalized spacial score (nSPS) is 11.3. The standard InChI is InChI=1S/C19H17ClN2O3S/c1-13-8-14(12-22(13)17-6-4-3-5-7-17)19(23)21-16-9-15(20)10-18(11-16)26(2,24)25/h3-12H,1-2H3,(H,21,23). The number of aryl methyl sites for hydroxylation is 1. The molecule has 0 saturated heterocycles. The van der Waals surface area contributed by atoms with Crippen LogP contribution in [0.25, 0.3) is 5.69 Å². The van der Waals surface area contributed by atoms with Crippen molar-refractivity contribution in [3.63, 3.8) is 0 Å². The number of halogens is 1. The fourth-order valence-electron chi connectivity index (χ4n) is 2.62. The summed E-state index contributed by atoms with van der Waals surface area (Å²) < 4.78 is 25.4. The molecule has 134 valence electrons. The van der Waals surface area contributed by atoms with Crippen molar-refractivity contribution in [1.29, 1.82) is 0 Å². The van der Waals surface area contributed by atoms with E-state index < -0.39 is 9.84 Å². The van der Waals surface area contributed by atoms with Gasteiger partial charge in [0.15, 0.2) is 9.84 Å². The molecule has 0 radical (unpaired) electrons. The van der Waals surface area contributed by atoms with Crippen molar-refractivity contribution in [1.82, 2.24) is 4.57 Å². The second-order valence-corrected chi connectivity index (χ2v) is 8.43. The first-order valence-corrected chi connectivity index (χ1v) is 10.1. The Hall–Kier alpha value is -2.57. The van der Waals surface area contributed by atoms with Gasteiger partial charge in [-0.2, -0.15) is 0 Å². The maximum Gasteiger partial charge on any atom is 0.257 e. The van der Waals surface area contributed by atoms with E-state index in [2.05, 4.69) is 5.32 Å². The second-order valence-electron chi connectivity index (χ2n) is 5.98. The fourth-order valence-corrected chi connectivity index (χ4v) is 3.60. The van der Waals surface area contributed by atoms with Gasteiger partial charge in [0, 0.05) is 34.5 Å². The third kappa shape index (κ3) is 3.98. The summed E-state index contributed by atoms with van der Waals surface area (Å²) in [6, 6.07) is 15.7. The maximum atomic E-state index is 12.6. The number of hydrogen-bond acceptors (Lipinski definition) is 3. The Kier molecular flexibility index (Phi) is 4.89. The van der Waals surface area contributed by atoms with Gasteiger partial charge in [0.05, 0.1) is 10.5 Å². The molecule has 0 aliphatic carbocycles. The summed E-state index contributed by atoms with van der Waals surface area (Å²) in [5.41, 5.74) is 2.65. The van der Waals surface area contributed by atoms with E-state index in [1.807, 2.05) is 41.8 Å². The molecule has 3 aromatic rings. The van der Waals surface area contributed by atoms with Gasteiger partial charge in [-0.25, -0.2) is 8.42 Å². The van der Waals surface area contributed by atoms with Crippen LogP contribution >= 0.6 is 11.6 Å². The summed E-state index contributed by atoms with van der Waals surface area (Å²) in [7, 11) is -3.43. The third-order valence-corrected chi connectivity index (χ3v) is 5.18. The molecule has 0 spiro atoms. The van der Waals surface area contributed by atoms with Gasteiger partial charge >= 0.3 is 0 Å². The Balaban J connectivity index is 1.89. The minimum Gasteiger partial charge on any atom is -0.322 e.